The first-order chi connectivity index (χ1) is 9.58. The predicted octanol–water partition coefficient (Wildman–Crippen LogP) is 2.30. The normalized spacial score (nSPS) is 10.8. The first kappa shape index (κ1) is 14.2. The van der Waals surface area contributed by atoms with Gasteiger partial charge in [0, 0.05) is 37.6 Å². The van der Waals surface area contributed by atoms with Crippen molar-refractivity contribution in [3.63, 3.8) is 0 Å². The molecule has 0 aromatic carbocycles. The molecular formula is C15H20N4O. The molecule has 20 heavy (non-hydrogen) atoms. The van der Waals surface area contributed by atoms with Crippen molar-refractivity contribution in [3.05, 3.63) is 40.9 Å². The lowest BCUT2D eigenvalue weighted by atomic mass is 10.1. The molecule has 5 heteroatoms. The second-order valence-electron chi connectivity index (χ2n) is 5.21. The summed E-state index contributed by atoms with van der Waals surface area (Å²) in [5.74, 6) is 1.22. The van der Waals surface area contributed by atoms with Crippen LogP contribution in [-0.2, 0) is 7.05 Å². The van der Waals surface area contributed by atoms with E-state index in [1.807, 2.05) is 12.1 Å². The number of aromatic nitrogens is 3. The van der Waals surface area contributed by atoms with Crippen molar-refractivity contribution < 1.29 is 0 Å². The summed E-state index contributed by atoms with van der Waals surface area (Å²) in [4.78, 5) is 20.5. The van der Waals surface area contributed by atoms with Gasteiger partial charge in [-0.2, -0.15) is 0 Å². The van der Waals surface area contributed by atoms with Gasteiger partial charge in [-0.3, -0.25) is 14.3 Å². The molecule has 1 N–H and O–H groups in total. The van der Waals surface area contributed by atoms with Gasteiger partial charge >= 0.3 is 0 Å². The molecule has 0 aliphatic rings. The zero-order valence-electron chi connectivity index (χ0n) is 12.1. The summed E-state index contributed by atoms with van der Waals surface area (Å²) in [7, 11) is 1.73. The molecule has 106 valence electrons. The van der Waals surface area contributed by atoms with Gasteiger partial charge in [0.1, 0.15) is 0 Å². The SMILES string of the molecule is CC(C)CCNc1nc(-c2ccncc2)cc(=O)n1C. The van der Waals surface area contributed by atoms with Crippen LogP contribution in [0, 0.1) is 5.92 Å². The number of anilines is 1. The van der Waals surface area contributed by atoms with Crippen LogP contribution in [0.25, 0.3) is 11.3 Å². The highest BCUT2D eigenvalue weighted by molar-refractivity contribution is 5.59. The van der Waals surface area contributed by atoms with Crippen LogP contribution in [0.4, 0.5) is 5.95 Å². The smallest absolute Gasteiger partial charge is 0.255 e. The number of pyridine rings is 1. The fourth-order valence-corrected chi connectivity index (χ4v) is 1.84. The molecule has 0 atom stereocenters. The van der Waals surface area contributed by atoms with Crippen LogP contribution in [0.2, 0.25) is 0 Å². The molecule has 0 fully saturated rings. The number of hydrogen-bond acceptors (Lipinski definition) is 4. The Labute approximate surface area is 118 Å². The van der Waals surface area contributed by atoms with Gasteiger partial charge in [0.25, 0.3) is 5.56 Å². The van der Waals surface area contributed by atoms with Crippen molar-refractivity contribution in [2.75, 3.05) is 11.9 Å². The van der Waals surface area contributed by atoms with Gasteiger partial charge in [-0.1, -0.05) is 13.8 Å². The monoisotopic (exact) mass is 272 g/mol. The molecular weight excluding hydrogens is 252 g/mol. The topological polar surface area (TPSA) is 59.8 Å². The fourth-order valence-electron chi connectivity index (χ4n) is 1.84. The van der Waals surface area contributed by atoms with Crippen LogP contribution in [0.3, 0.4) is 0 Å². The maximum Gasteiger partial charge on any atom is 0.255 e. The molecule has 0 aliphatic heterocycles. The molecule has 0 saturated heterocycles. The highest BCUT2D eigenvalue weighted by Gasteiger charge is 2.07. The maximum atomic E-state index is 12.0. The zero-order chi connectivity index (χ0) is 14.5. The summed E-state index contributed by atoms with van der Waals surface area (Å²) < 4.78 is 1.53. The van der Waals surface area contributed by atoms with Gasteiger partial charge < -0.3 is 5.32 Å². The average molecular weight is 272 g/mol. The third-order valence-corrected chi connectivity index (χ3v) is 3.12. The fraction of sp³-hybridized carbons (Fsp3) is 0.400. The number of nitrogens with one attached hydrogen (secondary N) is 1. The molecule has 0 amide bonds. The van der Waals surface area contributed by atoms with Crippen LogP contribution in [0.5, 0.6) is 0 Å². The van der Waals surface area contributed by atoms with E-state index in [1.165, 1.54) is 4.57 Å². The van der Waals surface area contributed by atoms with E-state index in [4.69, 9.17) is 0 Å². The van der Waals surface area contributed by atoms with Crippen molar-refractivity contribution in [1.82, 2.24) is 14.5 Å². The number of rotatable bonds is 5. The van der Waals surface area contributed by atoms with E-state index in [2.05, 4.69) is 29.1 Å². The van der Waals surface area contributed by atoms with Crippen LogP contribution >= 0.6 is 0 Å². The Morgan fingerprint density at radius 3 is 2.65 bits per heavy atom. The number of nitrogens with zero attached hydrogens (tertiary/aromatic N) is 3. The van der Waals surface area contributed by atoms with Gasteiger partial charge in [0.05, 0.1) is 5.69 Å². The minimum absolute atomic E-state index is 0.0705. The van der Waals surface area contributed by atoms with E-state index in [-0.39, 0.29) is 5.56 Å². The molecule has 2 aromatic heterocycles. The van der Waals surface area contributed by atoms with Gasteiger partial charge in [-0.05, 0) is 24.5 Å². The lowest BCUT2D eigenvalue weighted by molar-refractivity contribution is 0.603. The van der Waals surface area contributed by atoms with E-state index in [0.29, 0.717) is 17.6 Å². The largest absolute Gasteiger partial charge is 0.356 e. The van der Waals surface area contributed by atoms with Crippen molar-refractivity contribution in [2.45, 2.75) is 20.3 Å². The molecule has 0 aliphatic carbocycles. The highest BCUT2D eigenvalue weighted by Crippen LogP contribution is 2.15. The molecule has 0 radical (unpaired) electrons. The van der Waals surface area contributed by atoms with E-state index in [0.717, 1.165) is 18.5 Å². The summed E-state index contributed by atoms with van der Waals surface area (Å²) in [6.07, 6.45) is 4.43. The zero-order valence-corrected chi connectivity index (χ0v) is 12.1. The molecule has 5 nitrogen and oxygen atoms in total. The van der Waals surface area contributed by atoms with E-state index >= 15 is 0 Å². The molecule has 0 saturated carbocycles. The molecule has 2 heterocycles. The van der Waals surface area contributed by atoms with E-state index in [1.54, 1.807) is 25.5 Å². The molecule has 0 spiro atoms. The lowest BCUT2D eigenvalue weighted by Crippen LogP contribution is -2.22. The summed E-state index contributed by atoms with van der Waals surface area (Å²) >= 11 is 0. The van der Waals surface area contributed by atoms with Crippen LogP contribution < -0.4 is 10.9 Å². The molecule has 0 bridgehead atoms. The second kappa shape index (κ2) is 6.32. The average Bonchev–Trinajstić information content (AvgIpc) is 2.44. The summed E-state index contributed by atoms with van der Waals surface area (Å²) in [5.41, 5.74) is 1.49. The first-order valence-corrected chi connectivity index (χ1v) is 6.80. The van der Waals surface area contributed by atoms with Crippen molar-refractivity contribution in [1.29, 1.82) is 0 Å². The summed E-state index contributed by atoms with van der Waals surface area (Å²) in [6.45, 7) is 5.14. The van der Waals surface area contributed by atoms with Crippen LogP contribution in [0.1, 0.15) is 20.3 Å². The first-order valence-electron chi connectivity index (χ1n) is 6.80. The van der Waals surface area contributed by atoms with Gasteiger partial charge in [-0.25, -0.2) is 4.98 Å². The minimum Gasteiger partial charge on any atom is -0.356 e. The Morgan fingerprint density at radius 1 is 1.30 bits per heavy atom. The van der Waals surface area contributed by atoms with Crippen molar-refractivity contribution >= 4 is 5.95 Å². The van der Waals surface area contributed by atoms with Gasteiger partial charge in [-0.15, -0.1) is 0 Å². The number of hydrogen-bond donors (Lipinski definition) is 1. The Balaban J connectivity index is 2.28. The molecule has 0 unspecified atom stereocenters. The standard InChI is InChI=1S/C15H20N4O/c1-11(2)4-9-17-15-18-13(10-14(20)19(15)3)12-5-7-16-8-6-12/h5-8,10-11H,4,9H2,1-3H3,(H,17,18). The Bertz CT molecular complexity index is 620. The predicted molar refractivity (Wildman–Crippen MR) is 80.7 cm³/mol. The Hall–Kier alpha value is -2.17. The minimum atomic E-state index is -0.0705. The third kappa shape index (κ3) is 3.44. The highest BCUT2D eigenvalue weighted by atomic mass is 16.1. The van der Waals surface area contributed by atoms with Crippen molar-refractivity contribution in [3.8, 4) is 11.3 Å². The summed E-state index contributed by atoms with van der Waals surface area (Å²) in [5, 5.41) is 3.23. The van der Waals surface area contributed by atoms with Gasteiger partial charge in [0.2, 0.25) is 5.95 Å². The third-order valence-electron chi connectivity index (χ3n) is 3.12. The lowest BCUT2D eigenvalue weighted by Gasteiger charge is -2.12. The maximum absolute atomic E-state index is 12.0. The van der Waals surface area contributed by atoms with Crippen LogP contribution in [0.15, 0.2) is 35.4 Å². The Kier molecular flexibility index (Phi) is 4.50. The quantitative estimate of drug-likeness (QED) is 0.907. The summed E-state index contributed by atoms with van der Waals surface area (Å²) in [6, 6.07) is 5.24. The van der Waals surface area contributed by atoms with Crippen molar-refractivity contribution in [2.24, 2.45) is 13.0 Å². The van der Waals surface area contributed by atoms with Gasteiger partial charge in [0.15, 0.2) is 0 Å². The van der Waals surface area contributed by atoms with Crippen LogP contribution in [-0.4, -0.2) is 21.1 Å². The van der Waals surface area contributed by atoms with E-state index in [9.17, 15) is 4.79 Å². The molecule has 2 aromatic rings. The second-order valence-corrected chi connectivity index (χ2v) is 5.21. The van der Waals surface area contributed by atoms with E-state index < -0.39 is 0 Å². The molecule has 2 rings (SSSR count). The Morgan fingerprint density at radius 2 is 2.00 bits per heavy atom.